The van der Waals surface area contributed by atoms with Gasteiger partial charge in [-0.1, -0.05) is 0 Å². The Balaban J connectivity index is 1.67. The molecule has 4 rings (SSSR count). The Hall–Kier alpha value is -3.69. The Morgan fingerprint density at radius 1 is 1.19 bits per heavy atom. The molecule has 1 atom stereocenters. The number of carbonyl (C=O) groups is 1. The molecule has 0 saturated heterocycles. The predicted octanol–water partition coefficient (Wildman–Crippen LogP) is 3.60. The van der Waals surface area contributed by atoms with Crippen LogP contribution >= 0.6 is 0 Å². The van der Waals surface area contributed by atoms with Gasteiger partial charge in [0, 0.05) is 36.1 Å². The van der Waals surface area contributed by atoms with Gasteiger partial charge in [0.15, 0.2) is 0 Å². The van der Waals surface area contributed by atoms with E-state index in [1.165, 1.54) is 16.7 Å². The molecule has 2 aromatic heterocycles. The highest BCUT2D eigenvalue weighted by atomic mass is 19.4. The minimum absolute atomic E-state index is 0.164. The molecule has 1 aliphatic rings. The number of rotatable bonds is 4. The third kappa shape index (κ3) is 4.20. The summed E-state index contributed by atoms with van der Waals surface area (Å²) in [4.78, 5) is 34.0. The van der Waals surface area contributed by atoms with Gasteiger partial charge in [-0.15, -0.1) is 0 Å². The molecule has 7 nitrogen and oxygen atoms in total. The van der Waals surface area contributed by atoms with Crippen molar-refractivity contribution in [3.63, 3.8) is 0 Å². The van der Waals surface area contributed by atoms with E-state index >= 15 is 0 Å². The summed E-state index contributed by atoms with van der Waals surface area (Å²) in [7, 11) is 1.13. The maximum atomic E-state index is 13.3. The number of ether oxygens (including phenoxy) is 1. The summed E-state index contributed by atoms with van der Waals surface area (Å²) in [6.07, 6.45) is -0.400. The molecule has 3 heterocycles. The molecule has 0 fully saturated rings. The van der Waals surface area contributed by atoms with E-state index in [4.69, 9.17) is 4.74 Å². The molecule has 10 heteroatoms. The van der Waals surface area contributed by atoms with Crippen molar-refractivity contribution in [1.29, 1.82) is 0 Å². The molecule has 0 bridgehead atoms. The number of carbonyl (C=O) groups excluding carboxylic acids is 1. The van der Waals surface area contributed by atoms with E-state index in [9.17, 15) is 22.8 Å². The van der Waals surface area contributed by atoms with Gasteiger partial charge in [0.2, 0.25) is 0 Å². The van der Waals surface area contributed by atoms with Crippen LogP contribution in [0.15, 0.2) is 53.6 Å². The molecule has 3 aromatic rings. The van der Waals surface area contributed by atoms with Crippen molar-refractivity contribution in [2.24, 2.45) is 0 Å². The normalized spacial score (nSPS) is 15.7. The van der Waals surface area contributed by atoms with Crippen molar-refractivity contribution in [2.45, 2.75) is 31.6 Å². The number of pyridine rings is 1. The van der Waals surface area contributed by atoms with Gasteiger partial charge in [0.1, 0.15) is 11.6 Å². The van der Waals surface area contributed by atoms with Gasteiger partial charge >= 0.3 is 6.18 Å². The monoisotopic (exact) mass is 444 g/mol. The molecule has 1 N–H and O–H groups in total. The summed E-state index contributed by atoms with van der Waals surface area (Å²) in [6.45, 7) is 0.449. The largest absolute Gasteiger partial charge is 0.496 e. The Bertz CT molecular complexity index is 1210. The van der Waals surface area contributed by atoms with Gasteiger partial charge in [-0.3, -0.25) is 19.1 Å². The number of methoxy groups -OCH3 is 1. The van der Waals surface area contributed by atoms with Gasteiger partial charge < -0.3 is 10.1 Å². The fraction of sp³-hybridized carbons (Fsp3) is 0.273. The van der Waals surface area contributed by atoms with Crippen LogP contribution in [-0.4, -0.2) is 27.6 Å². The standard InChI is InChI=1S/C22H19F3N4O3/c1-32-18-5-4-14(11-15(18)22(23,24)25)21(31)28-16-3-2-10-29-19(30)12-17(27-20(16)29)13-6-8-26-9-7-13/h4-9,11-12,16H,2-3,10H2,1H3,(H,28,31). The molecule has 1 aliphatic heterocycles. The number of nitrogens with zero attached hydrogens (tertiary/aromatic N) is 3. The lowest BCUT2D eigenvalue weighted by atomic mass is 10.0. The highest BCUT2D eigenvalue weighted by molar-refractivity contribution is 5.94. The average molecular weight is 444 g/mol. The van der Waals surface area contributed by atoms with Crippen molar-refractivity contribution >= 4 is 5.91 Å². The molecular formula is C22H19F3N4O3. The third-order valence-corrected chi connectivity index (χ3v) is 5.27. The lowest BCUT2D eigenvalue weighted by molar-refractivity contribution is -0.138. The van der Waals surface area contributed by atoms with Crippen LogP contribution in [0.5, 0.6) is 5.75 Å². The van der Waals surface area contributed by atoms with Crippen LogP contribution in [0.1, 0.15) is 40.6 Å². The summed E-state index contributed by atoms with van der Waals surface area (Å²) >= 11 is 0. The lowest BCUT2D eigenvalue weighted by Gasteiger charge is -2.27. The second-order valence-electron chi connectivity index (χ2n) is 7.31. The van der Waals surface area contributed by atoms with Crippen molar-refractivity contribution in [2.75, 3.05) is 7.11 Å². The van der Waals surface area contributed by atoms with Crippen LogP contribution in [0.3, 0.4) is 0 Å². The number of benzene rings is 1. The van der Waals surface area contributed by atoms with E-state index in [-0.39, 0.29) is 16.9 Å². The van der Waals surface area contributed by atoms with Gasteiger partial charge in [0.25, 0.3) is 11.5 Å². The Kier molecular flexibility index (Phi) is 5.68. The molecule has 166 valence electrons. The zero-order chi connectivity index (χ0) is 22.9. The second kappa shape index (κ2) is 8.45. The molecule has 1 amide bonds. The number of fused-ring (bicyclic) bond motifs is 1. The first-order valence-electron chi connectivity index (χ1n) is 9.86. The maximum Gasteiger partial charge on any atom is 0.419 e. The highest BCUT2D eigenvalue weighted by Gasteiger charge is 2.35. The van der Waals surface area contributed by atoms with Gasteiger partial charge in [-0.2, -0.15) is 13.2 Å². The first-order chi connectivity index (χ1) is 15.3. The van der Waals surface area contributed by atoms with E-state index in [2.05, 4.69) is 15.3 Å². The van der Waals surface area contributed by atoms with Gasteiger partial charge in [-0.05, 0) is 43.2 Å². The molecule has 1 aromatic carbocycles. The average Bonchev–Trinajstić information content (AvgIpc) is 2.79. The van der Waals surface area contributed by atoms with Crippen LogP contribution in [-0.2, 0) is 12.7 Å². The molecule has 0 spiro atoms. The van der Waals surface area contributed by atoms with Gasteiger partial charge in [0.05, 0.1) is 24.4 Å². The fourth-order valence-electron chi connectivity index (χ4n) is 3.72. The number of nitrogens with one attached hydrogen (secondary N) is 1. The van der Waals surface area contributed by atoms with Crippen LogP contribution in [0.2, 0.25) is 0 Å². The van der Waals surface area contributed by atoms with Crippen LogP contribution in [0.25, 0.3) is 11.3 Å². The minimum atomic E-state index is -4.67. The smallest absolute Gasteiger partial charge is 0.419 e. The zero-order valence-electron chi connectivity index (χ0n) is 17.0. The van der Waals surface area contributed by atoms with E-state index in [1.54, 1.807) is 24.5 Å². The predicted molar refractivity (Wildman–Crippen MR) is 109 cm³/mol. The van der Waals surface area contributed by atoms with E-state index in [0.717, 1.165) is 19.2 Å². The third-order valence-electron chi connectivity index (χ3n) is 5.27. The van der Waals surface area contributed by atoms with Crippen LogP contribution in [0.4, 0.5) is 13.2 Å². The SMILES string of the molecule is COc1ccc(C(=O)NC2CCCn3c2nc(-c2ccncc2)cc3=O)cc1C(F)(F)F. The Labute approximate surface area is 180 Å². The number of hydrogen-bond acceptors (Lipinski definition) is 5. The number of halogens is 3. The second-order valence-corrected chi connectivity index (χ2v) is 7.31. The molecular weight excluding hydrogens is 425 g/mol. The van der Waals surface area contributed by atoms with Crippen LogP contribution in [0, 0.1) is 0 Å². The van der Waals surface area contributed by atoms with Crippen LogP contribution < -0.4 is 15.6 Å². The molecule has 0 aliphatic carbocycles. The maximum absolute atomic E-state index is 13.3. The minimum Gasteiger partial charge on any atom is -0.496 e. The molecule has 1 unspecified atom stereocenters. The topological polar surface area (TPSA) is 86.1 Å². The summed E-state index contributed by atoms with van der Waals surface area (Å²) in [5.41, 5.74) is -0.326. The first kappa shape index (κ1) is 21.5. The van der Waals surface area contributed by atoms with E-state index in [1.807, 2.05) is 0 Å². The molecule has 0 saturated carbocycles. The van der Waals surface area contributed by atoms with Crippen molar-refractivity contribution in [3.8, 4) is 17.0 Å². The lowest BCUT2D eigenvalue weighted by Crippen LogP contribution is -2.38. The number of amides is 1. The Morgan fingerprint density at radius 3 is 2.62 bits per heavy atom. The van der Waals surface area contributed by atoms with E-state index < -0.39 is 23.7 Å². The van der Waals surface area contributed by atoms with Crippen molar-refractivity contribution < 1.29 is 22.7 Å². The molecule has 32 heavy (non-hydrogen) atoms. The van der Waals surface area contributed by atoms with E-state index in [0.29, 0.717) is 36.5 Å². The molecule has 0 radical (unpaired) electrons. The highest BCUT2D eigenvalue weighted by Crippen LogP contribution is 2.37. The zero-order valence-corrected chi connectivity index (χ0v) is 17.0. The quantitative estimate of drug-likeness (QED) is 0.665. The van der Waals surface area contributed by atoms with Crippen molar-refractivity contribution in [3.05, 3.63) is 76.1 Å². The summed E-state index contributed by atoms with van der Waals surface area (Å²) in [5.74, 6) is -0.694. The van der Waals surface area contributed by atoms with Gasteiger partial charge in [-0.25, -0.2) is 4.98 Å². The summed E-state index contributed by atoms with van der Waals surface area (Å²) < 4.78 is 46.2. The summed E-state index contributed by atoms with van der Waals surface area (Å²) in [6, 6.07) is 7.35. The van der Waals surface area contributed by atoms with Crippen molar-refractivity contribution in [1.82, 2.24) is 19.9 Å². The summed E-state index contributed by atoms with van der Waals surface area (Å²) in [5, 5.41) is 2.73. The number of hydrogen-bond donors (Lipinski definition) is 1. The fourth-order valence-corrected chi connectivity index (χ4v) is 3.72. The Morgan fingerprint density at radius 2 is 1.94 bits per heavy atom. The first-order valence-corrected chi connectivity index (χ1v) is 9.86. The number of aromatic nitrogens is 3. The number of alkyl halides is 3.